The lowest BCUT2D eigenvalue weighted by atomic mass is 10.1. The fraction of sp³-hybridized carbons (Fsp3) is 0.211. The molecule has 0 spiro atoms. The molecule has 5 nitrogen and oxygen atoms in total. The fourth-order valence-corrected chi connectivity index (χ4v) is 3.00. The van der Waals surface area contributed by atoms with Gasteiger partial charge in [0.15, 0.2) is 0 Å². The van der Waals surface area contributed by atoms with Crippen LogP contribution in [0.1, 0.15) is 24.2 Å². The summed E-state index contributed by atoms with van der Waals surface area (Å²) in [5.41, 5.74) is -1.83. The van der Waals surface area contributed by atoms with Gasteiger partial charge in [0.25, 0.3) is 5.56 Å². The molecule has 0 fully saturated rings. The van der Waals surface area contributed by atoms with Gasteiger partial charge < -0.3 is 5.32 Å². The van der Waals surface area contributed by atoms with E-state index >= 15 is 0 Å². The molecular formula is C19H15ClF3N3O2. The van der Waals surface area contributed by atoms with Crippen molar-refractivity contribution in [1.29, 1.82) is 0 Å². The SMILES string of the molecule is Cc1c(Cl)cccc1NC(=O)C(C)n1c(=O)c(C(F)(F)F)nc2ccccc21. The highest BCUT2D eigenvalue weighted by atomic mass is 35.5. The maximum Gasteiger partial charge on any atom is 0.438 e. The number of carbonyl (C=O) groups excluding carboxylic acids is 1. The molecule has 146 valence electrons. The molecule has 0 saturated carbocycles. The molecule has 1 heterocycles. The molecule has 28 heavy (non-hydrogen) atoms. The van der Waals surface area contributed by atoms with Crippen LogP contribution in [-0.2, 0) is 11.0 Å². The van der Waals surface area contributed by atoms with E-state index in [1.165, 1.54) is 25.1 Å². The summed E-state index contributed by atoms with van der Waals surface area (Å²) < 4.78 is 40.6. The summed E-state index contributed by atoms with van der Waals surface area (Å²) in [6, 6.07) is 9.52. The average molecular weight is 410 g/mol. The third-order valence-electron chi connectivity index (χ3n) is 4.36. The van der Waals surface area contributed by atoms with Crippen LogP contribution in [0.5, 0.6) is 0 Å². The lowest BCUT2D eigenvalue weighted by molar-refractivity contribution is -0.142. The van der Waals surface area contributed by atoms with Gasteiger partial charge in [-0.05, 0) is 43.7 Å². The number of carbonyl (C=O) groups is 1. The van der Waals surface area contributed by atoms with E-state index in [1.54, 1.807) is 31.2 Å². The van der Waals surface area contributed by atoms with Crippen molar-refractivity contribution >= 4 is 34.2 Å². The third-order valence-corrected chi connectivity index (χ3v) is 4.77. The Balaban J connectivity index is 2.11. The number of anilines is 1. The number of nitrogens with one attached hydrogen (secondary N) is 1. The Hall–Kier alpha value is -2.87. The number of nitrogens with zero attached hydrogens (tertiary/aromatic N) is 2. The van der Waals surface area contributed by atoms with Gasteiger partial charge in [0.1, 0.15) is 6.04 Å². The first kappa shape index (κ1) is 19.9. The monoisotopic (exact) mass is 409 g/mol. The summed E-state index contributed by atoms with van der Waals surface area (Å²) in [5, 5.41) is 3.04. The van der Waals surface area contributed by atoms with Crippen LogP contribution >= 0.6 is 11.6 Å². The Kier molecular flexibility index (Phi) is 5.16. The summed E-state index contributed by atoms with van der Waals surface area (Å²) in [5.74, 6) is -0.656. The topological polar surface area (TPSA) is 64.0 Å². The molecule has 3 aromatic rings. The Labute approximate surface area is 162 Å². The van der Waals surface area contributed by atoms with Crippen LogP contribution in [-0.4, -0.2) is 15.5 Å². The summed E-state index contributed by atoms with van der Waals surface area (Å²) in [6.45, 7) is 3.04. The smallest absolute Gasteiger partial charge is 0.324 e. The maximum atomic E-state index is 13.3. The minimum absolute atomic E-state index is 0.0342. The predicted molar refractivity (Wildman–Crippen MR) is 101 cm³/mol. The van der Waals surface area contributed by atoms with E-state index in [2.05, 4.69) is 10.3 Å². The Morgan fingerprint density at radius 2 is 1.86 bits per heavy atom. The standard InChI is InChI=1S/C19H15ClF3N3O2/c1-10-12(20)6-5-8-13(10)25-17(27)11(2)26-15-9-4-3-7-14(15)24-16(18(26)28)19(21,22)23/h3-9,11H,1-2H3,(H,25,27). The minimum Gasteiger partial charge on any atom is -0.324 e. The molecule has 0 bridgehead atoms. The molecule has 0 radical (unpaired) electrons. The van der Waals surface area contributed by atoms with Gasteiger partial charge in [0.05, 0.1) is 11.0 Å². The molecule has 1 aromatic heterocycles. The lowest BCUT2D eigenvalue weighted by Crippen LogP contribution is -2.36. The molecular weight excluding hydrogens is 395 g/mol. The van der Waals surface area contributed by atoms with Crippen molar-refractivity contribution in [3.05, 3.63) is 69.1 Å². The zero-order valence-electron chi connectivity index (χ0n) is 14.8. The number of aromatic nitrogens is 2. The second kappa shape index (κ2) is 7.27. The van der Waals surface area contributed by atoms with Crippen molar-refractivity contribution in [1.82, 2.24) is 9.55 Å². The summed E-state index contributed by atoms with van der Waals surface area (Å²) in [6.07, 6.45) is -4.94. The van der Waals surface area contributed by atoms with E-state index in [1.807, 2.05) is 0 Å². The Bertz CT molecular complexity index is 1130. The van der Waals surface area contributed by atoms with Crippen LogP contribution < -0.4 is 10.9 Å². The van der Waals surface area contributed by atoms with E-state index in [0.717, 1.165) is 4.57 Å². The number of hydrogen-bond acceptors (Lipinski definition) is 3. The first-order chi connectivity index (χ1) is 13.1. The van der Waals surface area contributed by atoms with Crippen molar-refractivity contribution in [2.24, 2.45) is 0 Å². The Morgan fingerprint density at radius 3 is 2.54 bits per heavy atom. The normalized spacial score (nSPS) is 12.8. The van der Waals surface area contributed by atoms with Crippen LogP contribution in [0.3, 0.4) is 0 Å². The molecule has 0 aliphatic rings. The van der Waals surface area contributed by atoms with Crippen molar-refractivity contribution in [3.63, 3.8) is 0 Å². The van der Waals surface area contributed by atoms with E-state index < -0.39 is 29.4 Å². The van der Waals surface area contributed by atoms with E-state index in [0.29, 0.717) is 16.3 Å². The van der Waals surface area contributed by atoms with Gasteiger partial charge in [0.2, 0.25) is 11.6 Å². The molecule has 2 aromatic carbocycles. The molecule has 0 saturated heterocycles. The molecule has 9 heteroatoms. The number of hydrogen-bond donors (Lipinski definition) is 1. The lowest BCUT2D eigenvalue weighted by Gasteiger charge is -2.20. The zero-order valence-corrected chi connectivity index (χ0v) is 15.6. The highest BCUT2D eigenvalue weighted by Crippen LogP contribution is 2.28. The van der Waals surface area contributed by atoms with Gasteiger partial charge in [-0.25, -0.2) is 4.98 Å². The van der Waals surface area contributed by atoms with Crippen LogP contribution in [0.25, 0.3) is 11.0 Å². The van der Waals surface area contributed by atoms with E-state index in [9.17, 15) is 22.8 Å². The van der Waals surface area contributed by atoms with Gasteiger partial charge in [-0.2, -0.15) is 13.2 Å². The molecule has 0 aliphatic heterocycles. The highest BCUT2D eigenvalue weighted by Gasteiger charge is 2.38. The number of fused-ring (bicyclic) bond motifs is 1. The van der Waals surface area contributed by atoms with Gasteiger partial charge in [-0.1, -0.05) is 29.8 Å². The van der Waals surface area contributed by atoms with Crippen LogP contribution in [0.4, 0.5) is 18.9 Å². The van der Waals surface area contributed by atoms with Crippen molar-refractivity contribution in [2.75, 3.05) is 5.32 Å². The molecule has 1 unspecified atom stereocenters. The molecule has 1 N–H and O–H groups in total. The van der Waals surface area contributed by atoms with Crippen molar-refractivity contribution in [3.8, 4) is 0 Å². The zero-order chi connectivity index (χ0) is 20.6. The predicted octanol–water partition coefficient (Wildman–Crippen LogP) is 4.58. The van der Waals surface area contributed by atoms with Crippen LogP contribution in [0.15, 0.2) is 47.3 Å². The van der Waals surface area contributed by atoms with Crippen molar-refractivity contribution < 1.29 is 18.0 Å². The number of rotatable bonds is 3. The second-order valence-corrected chi connectivity index (χ2v) is 6.61. The number of alkyl halides is 3. The van der Waals surface area contributed by atoms with Crippen LogP contribution in [0.2, 0.25) is 5.02 Å². The first-order valence-electron chi connectivity index (χ1n) is 8.25. The third kappa shape index (κ3) is 3.60. The summed E-state index contributed by atoms with van der Waals surface area (Å²) in [4.78, 5) is 28.7. The highest BCUT2D eigenvalue weighted by molar-refractivity contribution is 6.31. The number of halogens is 4. The quantitative estimate of drug-likeness (QED) is 0.688. The fourth-order valence-electron chi connectivity index (χ4n) is 2.82. The van der Waals surface area contributed by atoms with Gasteiger partial charge in [-0.15, -0.1) is 0 Å². The average Bonchev–Trinajstić information content (AvgIpc) is 2.63. The number of amides is 1. The summed E-state index contributed by atoms with van der Waals surface area (Å²) in [7, 11) is 0. The first-order valence-corrected chi connectivity index (χ1v) is 8.63. The molecule has 1 amide bonds. The number of benzene rings is 2. The maximum absolute atomic E-state index is 13.3. The largest absolute Gasteiger partial charge is 0.438 e. The van der Waals surface area contributed by atoms with Gasteiger partial charge in [0, 0.05) is 10.7 Å². The minimum atomic E-state index is -4.94. The van der Waals surface area contributed by atoms with E-state index in [4.69, 9.17) is 11.6 Å². The van der Waals surface area contributed by atoms with Crippen molar-refractivity contribution in [2.45, 2.75) is 26.1 Å². The van der Waals surface area contributed by atoms with E-state index in [-0.39, 0.29) is 11.0 Å². The second-order valence-electron chi connectivity index (χ2n) is 6.20. The van der Waals surface area contributed by atoms with Gasteiger partial charge >= 0.3 is 6.18 Å². The Morgan fingerprint density at radius 1 is 1.18 bits per heavy atom. The molecule has 1 atom stereocenters. The number of para-hydroxylation sites is 2. The summed E-state index contributed by atoms with van der Waals surface area (Å²) >= 11 is 6.03. The van der Waals surface area contributed by atoms with Crippen LogP contribution in [0, 0.1) is 6.92 Å². The molecule has 0 aliphatic carbocycles. The molecule has 3 rings (SSSR count). The van der Waals surface area contributed by atoms with Gasteiger partial charge in [-0.3, -0.25) is 14.2 Å².